The van der Waals surface area contributed by atoms with Crippen molar-refractivity contribution in [2.24, 2.45) is 0 Å². The van der Waals surface area contributed by atoms with Crippen molar-refractivity contribution in [1.29, 1.82) is 5.26 Å². The highest BCUT2D eigenvalue weighted by atomic mass is 32.1. The Morgan fingerprint density at radius 1 is 1.19 bits per heavy atom. The fraction of sp³-hybridized carbons (Fsp3) is 0.360. The molecule has 0 radical (unpaired) electrons. The molecule has 1 aliphatic rings. The SMILES string of the molecule is CC(C)Nc1cc(-c2ccc3cc(C#N)cnn23)ncc1-c1nnc(C(=O)N[C@H]2CC[C@H](O)CC2)s1. The number of aromatic nitrogens is 5. The summed E-state index contributed by atoms with van der Waals surface area (Å²) >= 11 is 1.22. The van der Waals surface area contributed by atoms with Crippen LogP contribution in [0.3, 0.4) is 0 Å². The van der Waals surface area contributed by atoms with E-state index in [0.717, 1.165) is 35.3 Å². The fourth-order valence-corrected chi connectivity index (χ4v) is 5.11. The van der Waals surface area contributed by atoms with Gasteiger partial charge in [-0.05, 0) is 63.8 Å². The van der Waals surface area contributed by atoms with Gasteiger partial charge in [0.1, 0.15) is 6.07 Å². The van der Waals surface area contributed by atoms with Crippen molar-refractivity contribution < 1.29 is 9.90 Å². The first-order chi connectivity index (χ1) is 17.4. The zero-order chi connectivity index (χ0) is 25.2. The number of nitrogens with zero attached hydrogens (tertiary/aromatic N) is 6. The Morgan fingerprint density at radius 3 is 2.75 bits per heavy atom. The fourth-order valence-electron chi connectivity index (χ4n) is 4.34. The number of fused-ring (bicyclic) bond motifs is 1. The summed E-state index contributed by atoms with van der Waals surface area (Å²) in [7, 11) is 0. The molecule has 0 atom stereocenters. The minimum Gasteiger partial charge on any atom is -0.393 e. The van der Waals surface area contributed by atoms with Gasteiger partial charge in [0.25, 0.3) is 5.91 Å². The van der Waals surface area contributed by atoms with Crippen LogP contribution in [-0.4, -0.2) is 54.0 Å². The smallest absolute Gasteiger partial charge is 0.282 e. The molecule has 0 saturated heterocycles. The third-order valence-electron chi connectivity index (χ3n) is 6.12. The van der Waals surface area contributed by atoms with Gasteiger partial charge in [0.05, 0.1) is 40.3 Å². The van der Waals surface area contributed by atoms with Gasteiger partial charge < -0.3 is 15.7 Å². The van der Waals surface area contributed by atoms with Crippen LogP contribution >= 0.6 is 11.3 Å². The predicted molar refractivity (Wildman–Crippen MR) is 137 cm³/mol. The Balaban J connectivity index is 1.43. The van der Waals surface area contributed by atoms with Crippen LogP contribution in [0.5, 0.6) is 0 Å². The molecule has 0 bridgehead atoms. The van der Waals surface area contributed by atoms with Crippen LogP contribution in [0.15, 0.2) is 36.7 Å². The Bertz CT molecular complexity index is 1450. The average Bonchev–Trinajstić information content (AvgIpc) is 3.52. The minimum absolute atomic E-state index is 0.0436. The van der Waals surface area contributed by atoms with E-state index < -0.39 is 0 Å². The summed E-state index contributed by atoms with van der Waals surface area (Å²) in [5.74, 6) is -0.245. The van der Waals surface area contributed by atoms with Crippen molar-refractivity contribution >= 4 is 28.4 Å². The maximum atomic E-state index is 12.8. The number of anilines is 1. The third kappa shape index (κ3) is 4.91. The van der Waals surface area contributed by atoms with Gasteiger partial charge in [0.2, 0.25) is 5.01 Å². The molecule has 0 unspecified atom stereocenters. The summed E-state index contributed by atoms with van der Waals surface area (Å²) < 4.78 is 1.75. The van der Waals surface area contributed by atoms with Crippen LogP contribution in [0.25, 0.3) is 27.5 Å². The first kappa shape index (κ1) is 23.8. The lowest BCUT2D eigenvalue weighted by Gasteiger charge is -2.25. The van der Waals surface area contributed by atoms with Crippen LogP contribution < -0.4 is 10.6 Å². The second-order valence-corrected chi connectivity index (χ2v) is 10.2. The molecule has 36 heavy (non-hydrogen) atoms. The number of rotatable bonds is 6. The average molecular weight is 503 g/mol. The van der Waals surface area contributed by atoms with Crippen LogP contribution in [0, 0.1) is 11.3 Å². The highest BCUT2D eigenvalue weighted by Gasteiger charge is 2.24. The number of nitrogens with one attached hydrogen (secondary N) is 2. The molecular weight excluding hydrogens is 476 g/mol. The summed E-state index contributed by atoms with van der Waals surface area (Å²) in [4.78, 5) is 17.4. The summed E-state index contributed by atoms with van der Waals surface area (Å²) in [5.41, 5.74) is 4.38. The number of carbonyl (C=O) groups is 1. The van der Waals surface area contributed by atoms with E-state index in [4.69, 9.17) is 5.26 Å². The van der Waals surface area contributed by atoms with E-state index in [-0.39, 0.29) is 24.1 Å². The maximum absolute atomic E-state index is 12.8. The van der Waals surface area contributed by atoms with Crippen LogP contribution in [0.1, 0.15) is 54.9 Å². The zero-order valence-electron chi connectivity index (χ0n) is 20.0. The maximum Gasteiger partial charge on any atom is 0.282 e. The normalized spacial score (nSPS) is 17.8. The molecule has 4 aromatic rings. The topological polar surface area (TPSA) is 141 Å². The van der Waals surface area contributed by atoms with Gasteiger partial charge in [-0.1, -0.05) is 11.3 Å². The van der Waals surface area contributed by atoms with Crippen molar-refractivity contribution in [2.75, 3.05) is 5.32 Å². The van der Waals surface area contributed by atoms with E-state index in [0.29, 0.717) is 34.1 Å². The van der Waals surface area contributed by atoms with Gasteiger partial charge in [-0.25, -0.2) is 4.52 Å². The molecule has 0 spiro atoms. The molecule has 3 N–H and O–H groups in total. The molecule has 4 heterocycles. The number of aliphatic hydroxyl groups is 1. The summed E-state index contributed by atoms with van der Waals surface area (Å²) in [6, 6.07) is 9.83. The van der Waals surface area contributed by atoms with E-state index in [1.165, 1.54) is 17.5 Å². The Morgan fingerprint density at radius 2 is 2.00 bits per heavy atom. The lowest BCUT2D eigenvalue weighted by atomic mass is 9.93. The van der Waals surface area contributed by atoms with E-state index >= 15 is 0 Å². The summed E-state index contributed by atoms with van der Waals surface area (Å²) in [6.07, 6.45) is 5.89. The number of hydrogen-bond donors (Lipinski definition) is 3. The van der Waals surface area contributed by atoms with E-state index in [1.807, 2.05) is 32.0 Å². The van der Waals surface area contributed by atoms with E-state index in [9.17, 15) is 9.90 Å². The number of pyridine rings is 1. The van der Waals surface area contributed by atoms with Crippen molar-refractivity contribution in [3.05, 3.63) is 47.2 Å². The minimum atomic E-state index is -0.274. The molecular formula is C25H26N8O2S. The second kappa shape index (κ2) is 10.0. The molecule has 0 aromatic carbocycles. The van der Waals surface area contributed by atoms with Gasteiger partial charge in [0.15, 0.2) is 5.01 Å². The van der Waals surface area contributed by atoms with E-state index in [1.54, 1.807) is 16.8 Å². The first-order valence-corrected chi connectivity index (χ1v) is 12.7. The standard InChI is InChI=1S/C25H26N8O2S/c1-14(2)29-20-10-21(22-8-5-17-9-15(11-26)12-28-33(17)22)27-13-19(20)24-31-32-25(36-24)23(35)30-16-3-6-18(34)7-4-16/h5,8-10,12-14,16,18,34H,3-4,6-7H2,1-2H3,(H,27,29)(H,30,35)/t16-,18-. The zero-order valence-corrected chi connectivity index (χ0v) is 20.8. The highest BCUT2D eigenvalue weighted by molar-refractivity contribution is 7.16. The largest absolute Gasteiger partial charge is 0.393 e. The number of carbonyl (C=O) groups excluding carboxylic acids is 1. The number of aliphatic hydroxyl groups excluding tert-OH is 1. The number of hydrogen-bond acceptors (Lipinski definition) is 9. The monoisotopic (exact) mass is 502 g/mol. The summed E-state index contributed by atoms with van der Waals surface area (Å²) in [6.45, 7) is 4.09. The van der Waals surface area contributed by atoms with Gasteiger partial charge in [-0.15, -0.1) is 10.2 Å². The van der Waals surface area contributed by atoms with Crippen molar-refractivity contribution in [3.8, 4) is 28.0 Å². The Hall–Kier alpha value is -3.88. The van der Waals surface area contributed by atoms with Crippen molar-refractivity contribution in [3.63, 3.8) is 0 Å². The molecule has 5 rings (SSSR count). The third-order valence-corrected chi connectivity index (χ3v) is 7.08. The lowest BCUT2D eigenvalue weighted by Crippen LogP contribution is -2.38. The molecule has 11 heteroatoms. The van der Waals surface area contributed by atoms with Crippen molar-refractivity contribution in [2.45, 2.75) is 57.7 Å². The number of nitriles is 1. The lowest BCUT2D eigenvalue weighted by molar-refractivity contribution is 0.0866. The Labute approximate surface area is 212 Å². The molecule has 10 nitrogen and oxygen atoms in total. The van der Waals surface area contributed by atoms with Gasteiger partial charge in [-0.3, -0.25) is 9.78 Å². The molecule has 1 amide bonds. The van der Waals surface area contributed by atoms with Gasteiger partial charge in [0, 0.05) is 24.0 Å². The molecule has 0 aliphatic heterocycles. The van der Waals surface area contributed by atoms with Gasteiger partial charge in [-0.2, -0.15) is 10.4 Å². The van der Waals surface area contributed by atoms with Crippen molar-refractivity contribution in [1.82, 2.24) is 30.1 Å². The highest BCUT2D eigenvalue weighted by Crippen LogP contribution is 2.34. The van der Waals surface area contributed by atoms with Gasteiger partial charge >= 0.3 is 0 Å². The quantitative estimate of drug-likeness (QED) is 0.363. The van der Waals surface area contributed by atoms with Crippen LogP contribution in [-0.2, 0) is 0 Å². The molecule has 1 aliphatic carbocycles. The predicted octanol–water partition coefficient (Wildman–Crippen LogP) is 3.64. The van der Waals surface area contributed by atoms with Crippen LogP contribution in [0.4, 0.5) is 5.69 Å². The Kier molecular flexibility index (Phi) is 6.63. The van der Waals surface area contributed by atoms with E-state index in [2.05, 4.69) is 37.0 Å². The summed E-state index contributed by atoms with van der Waals surface area (Å²) in [5, 5.41) is 39.0. The second-order valence-electron chi connectivity index (χ2n) is 9.22. The van der Waals surface area contributed by atoms with Crippen LogP contribution in [0.2, 0.25) is 0 Å². The first-order valence-electron chi connectivity index (χ1n) is 11.9. The molecule has 1 saturated carbocycles. The molecule has 4 aromatic heterocycles. The molecule has 1 fully saturated rings. The molecule has 184 valence electrons. The number of amides is 1.